The highest BCUT2D eigenvalue weighted by Crippen LogP contribution is 2.10. The van der Waals surface area contributed by atoms with E-state index >= 15 is 0 Å². The van der Waals surface area contributed by atoms with Gasteiger partial charge in [0.2, 0.25) is 0 Å². The van der Waals surface area contributed by atoms with E-state index in [9.17, 15) is 9.59 Å². The maximum Gasteiger partial charge on any atom is 0.293 e. The summed E-state index contributed by atoms with van der Waals surface area (Å²) in [4.78, 5) is 25.7. The molecule has 0 fully saturated rings. The van der Waals surface area contributed by atoms with Crippen LogP contribution >= 0.6 is 11.8 Å². The Hall–Kier alpha value is -1.30. The number of ether oxygens (including phenoxy) is 1. The fraction of sp³-hybridized carbons (Fsp3) is 0.583. The van der Waals surface area contributed by atoms with Crippen LogP contribution in [0.2, 0.25) is 0 Å². The monoisotopic (exact) mass is 270 g/mol. The second kappa shape index (κ2) is 8.74. The van der Waals surface area contributed by atoms with Crippen LogP contribution < -0.4 is 5.56 Å². The Morgan fingerprint density at radius 3 is 2.89 bits per heavy atom. The van der Waals surface area contributed by atoms with Crippen molar-refractivity contribution >= 4 is 18.2 Å². The Bertz CT molecular complexity index is 420. The molecule has 100 valence electrons. The molecule has 1 aromatic rings. The molecule has 5 nitrogen and oxygen atoms in total. The van der Waals surface area contributed by atoms with E-state index in [-0.39, 0.29) is 5.56 Å². The quantitative estimate of drug-likeness (QED) is 0.296. The van der Waals surface area contributed by atoms with Crippen LogP contribution in [0, 0.1) is 0 Å². The molecular formula is C12H18N2O3S. The Balaban J connectivity index is 2.31. The molecule has 18 heavy (non-hydrogen) atoms. The lowest BCUT2D eigenvalue weighted by Gasteiger charge is -2.08. The van der Waals surface area contributed by atoms with Crippen molar-refractivity contribution < 1.29 is 9.53 Å². The van der Waals surface area contributed by atoms with E-state index in [1.54, 1.807) is 10.8 Å². The summed E-state index contributed by atoms with van der Waals surface area (Å²) in [5, 5.41) is 0.756. The Labute approximate surface area is 111 Å². The minimum atomic E-state index is -0.00126. The lowest BCUT2D eigenvalue weighted by atomic mass is 10.2. The van der Waals surface area contributed by atoms with E-state index in [1.165, 1.54) is 17.8 Å². The standard InChI is InChI=1S/C12H18N2O3S/c1-18-12-13-7-6-11(16)14(12)8-4-2-3-5-9-17-10-15/h6-7,10H,2-5,8-9H2,1H3. The largest absolute Gasteiger partial charge is 0.468 e. The van der Waals surface area contributed by atoms with E-state index in [0.717, 1.165) is 30.8 Å². The van der Waals surface area contributed by atoms with Crippen LogP contribution in [0.4, 0.5) is 0 Å². The van der Waals surface area contributed by atoms with Crippen LogP contribution in [0.3, 0.4) is 0 Å². The highest BCUT2D eigenvalue weighted by Gasteiger charge is 2.03. The molecule has 0 atom stereocenters. The number of thioether (sulfide) groups is 1. The summed E-state index contributed by atoms with van der Waals surface area (Å²) in [6, 6.07) is 1.48. The Morgan fingerprint density at radius 1 is 1.39 bits per heavy atom. The zero-order valence-corrected chi connectivity index (χ0v) is 11.3. The highest BCUT2D eigenvalue weighted by atomic mass is 32.2. The molecule has 1 aromatic heterocycles. The number of carbonyl (C=O) groups excluding carboxylic acids is 1. The number of rotatable bonds is 9. The number of aromatic nitrogens is 2. The van der Waals surface area contributed by atoms with Gasteiger partial charge in [-0.05, 0) is 25.5 Å². The molecule has 0 bridgehead atoms. The third kappa shape index (κ3) is 4.91. The average Bonchev–Trinajstić information content (AvgIpc) is 2.39. The molecule has 0 unspecified atom stereocenters. The number of nitrogens with zero attached hydrogens (tertiary/aromatic N) is 2. The number of unbranched alkanes of at least 4 members (excludes halogenated alkanes) is 3. The van der Waals surface area contributed by atoms with E-state index in [2.05, 4.69) is 9.72 Å². The van der Waals surface area contributed by atoms with Gasteiger partial charge in [0.15, 0.2) is 5.16 Å². The molecule has 0 aliphatic rings. The molecule has 0 saturated heterocycles. The second-order valence-electron chi connectivity index (χ2n) is 3.80. The fourth-order valence-electron chi connectivity index (χ4n) is 1.64. The normalized spacial score (nSPS) is 10.3. The number of hydrogen-bond acceptors (Lipinski definition) is 5. The zero-order valence-electron chi connectivity index (χ0n) is 10.5. The van der Waals surface area contributed by atoms with Gasteiger partial charge in [-0.1, -0.05) is 18.2 Å². The van der Waals surface area contributed by atoms with Gasteiger partial charge in [-0.2, -0.15) is 0 Å². The molecule has 0 aliphatic carbocycles. The highest BCUT2D eigenvalue weighted by molar-refractivity contribution is 7.98. The van der Waals surface area contributed by atoms with E-state index < -0.39 is 0 Å². The minimum absolute atomic E-state index is 0.00126. The van der Waals surface area contributed by atoms with Crippen molar-refractivity contribution in [2.24, 2.45) is 0 Å². The second-order valence-corrected chi connectivity index (χ2v) is 4.58. The lowest BCUT2D eigenvalue weighted by Crippen LogP contribution is -2.21. The Kier molecular flexibility index (Phi) is 7.17. The maximum atomic E-state index is 11.7. The van der Waals surface area contributed by atoms with Crippen molar-refractivity contribution in [1.82, 2.24) is 9.55 Å². The summed E-state index contributed by atoms with van der Waals surface area (Å²) in [6.07, 6.45) is 7.27. The molecule has 1 rings (SSSR count). The predicted octanol–water partition coefficient (Wildman–Crippen LogP) is 1.70. The van der Waals surface area contributed by atoms with Gasteiger partial charge in [0.25, 0.3) is 12.0 Å². The van der Waals surface area contributed by atoms with Crippen LogP contribution in [-0.4, -0.2) is 28.9 Å². The molecule has 0 radical (unpaired) electrons. The summed E-state index contributed by atoms with van der Waals surface area (Å²) < 4.78 is 6.31. The van der Waals surface area contributed by atoms with Crippen LogP contribution in [0.5, 0.6) is 0 Å². The molecule has 1 heterocycles. The smallest absolute Gasteiger partial charge is 0.293 e. The summed E-state index contributed by atoms with van der Waals surface area (Å²) in [7, 11) is 0. The fourth-order valence-corrected chi connectivity index (χ4v) is 2.21. The van der Waals surface area contributed by atoms with Crippen LogP contribution in [0.25, 0.3) is 0 Å². The summed E-state index contributed by atoms with van der Waals surface area (Å²) in [5.74, 6) is 0. The molecule has 0 spiro atoms. The first-order valence-corrected chi connectivity index (χ1v) is 7.17. The van der Waals surface area contributed by atoms with Crippen molar-refractivity contribution in [1.29, 1.82) is 0 Å². The zero-order chi connectivity index (χ0) is 13.2. The van der Waals surface area contributed by atoms with Gasteiger partial charge < -0.3 is 4.74 Å². The van der Waals surface area contributed by atoms with Crippen LogP contribution in [0.1, 0.15) is 25.7 Å². The predicted molar refractivity (Wildman–Crippen MR) is 70.8 cm³/mol. The van der Waals surface area contributed by atoms with E-state index in [0.29, 0.717) is 19.6 Å². The summed E-state index contributed by atoms with van der Waals surface area (Å²) >= 11 is 1.48. The van der Waals surface area contributed by atoms with Crippen LogP contribution in [0.15, 0.2) is 22.2 Å². The van der Waals surface area contributed by atoms with Gasteiger partial charge in [-0.15, -0.1) is 0 Å². The molecule has 0 aliphatic heterocycles. The van der Waals surface area contributed by atoms with Crippen molar-refractivity contribution in [2.75, 3.05) is 12.9 Å². The van der Waals surface area contributed by atoms with Crippen molar-refractivity contribution in [3.63, 3.8) is 0 Å². The number of hydrogen-bond donors (Lipinski definition) is 0. The van der Waals surface area contributed by atoms with Gasteiger partial charge in [0.1, 0.15) is 0 Å². The third-order valence-electron chi connectivity index (χ3n) is 2.54. The SMILES string of the molecule is CSc1nccc(=O)n1CCCCCCOC=O. The third-order valence-corrected chi connectivity index (χ3v) is 3.23. The van der Waals surface area contributed by atoms with Crippen LogP contribution in [-0.2, 0) is 16.1 Å². The summed E-state index contributed by atoms with van der Waals surface area (Å²) in [6.45, 7) is 1.64. The van der Waals surface area contributed by atoms with Gasteiger partial charge in [0.05, 0.1) is 6.61 Å². The molecule has 0 N–H and O–H groups in total. The van der Waals surface area contributed by atoms with Crippen molar-refractivity contribution in [3.8, 4) is 0 Å². The number of carbonyl (C=O) groups is 1. The molecular weight excluding hydrogens is 252 g/mol. The van der Waals surface area contributed by atoms with Gasteiger partial charge in [-0.3, -0.25) is 14.2 Å². The topological polar surface area (TPSA) is 61.2 Å². The first-order chi connectivity index (χ1) is 8.79. The average molecular weight is 270 g/mol. The first kappa shape index (κ1) is 14.8. The maximum absolute atomic E-state index is 11.7. The first-order valence-electron chi connectivity index (χ1n) is 5.94. The Morgan fingerprint density at radius 2 is 2.17 bits per heavy atom. The van der Waals surface area contributed by atoms with Gasteiger partial charge in [-0.25, -0.2) is 4.98 Å². The van der Waals surface area contributed by atoms with Crippen molar-refractivity contribution in [2.45, 2.75) is 37.4 Å². The van der Waals surface area contributed by atoms with Gasteiger partial charge in [0, 0.05) is 18.8 Å². The van der Waals surface area contributed by atoms with Crippen molar-refractivity contribution in [3.05, 3.63) is 22.6 Å². The van der Waals surface area contributed by atoms with E-state index in [4.69, 9.17) is 0 Å². The van der Waals surface area contributed by atoms with Gasteiger partial charge >= 0.3 is 0 Å². The molecule has 0 aromatic carbocycles. The minimum Gasteiger partial charge on any atom is -0.468 e. The lowest BCUT2D eigenvalue weighted by molar-refractivity contribution is -0.128. The molecule has 0 saturated carbocycles. The summed E-state index contributed by atoms with van der Waals surface area (Å²) in [5.41, 5.74) is -0.00126. The molecule has 6 heteroatoms. The van der Waals surface area contributed by atoms with E-state index in [1.807, 2.05) is 6.26 Å². The molecule has 0 amide bonds.